The fraction of sp³-hybridized carbons (Fsp3) is 0.333. The van der Waals surface area contributed by atoms with E-state index in [2.05, 4.69) is 0 Å². The first-order valence-electron chi connectivity index (χ1n) is 3.90. The van der Waals surface area contributed by atoms with Crippen LogP contribution < -0.4 is 16.2 Å². The molecule has 1 aromatic carbocycles. The first-order chi connectivity index (χ1) is 5.77. The molecule has 0 aromatic heterocycles. The molecule has 66 valence electrons. The van der Waals surface area contributed by atoms with Crippen LogP contribution >= 0.6 is 0 Å². The van der Waals surface area contributed by atoms with Crippen LogP contribution in [0.5, 0.6) is 5.75 Å². The monoisotopic (exact) mass is 166 g/mol. The van der Waals surface area contributed by atoms with Crippen LogP contribution in [0.3, 0.4) is 0 Å². The molecule has 0 atom stereocenters. The van der Waals surface area contributed by atoms with Crippen molar-refractivity contribution < 1.29 is 4.74 Å². The molecule has 0 saturated heterocycles. The fourth-order valence-electron chi connectivity index (χ4n) is 1.15. The van der Waals surface area contributed by atoms with Gasteiger partial charge in [0.2, 0.25) is 0 Å². The molecule has 3 heteroatoms. The lowest BCUT2D eigenvalue weighted by atomic mass is 10.1. The number of hydrogen-bond acceptors (Lipinski definition) is 3. The van der Waals surface area contributed by atoms with Gasteiger partial charge in [-0.2, -0.15) is 0 Å². The Bertz CT molecular complexity index is 261. The number of ether oxygens (including phenoxy) is 1. The molecule has 4 N–H and O–H groups in total. The van der Waals surface area contributed by atoms with Crippen molar-refractivity contribution >= 4 is 5.69 Å². The highest BCUT2D eigenvalue weighted by Gasteiger charge is 2.01. The van der Waals surface area contributed by atoms with Crippen molar-refractivity contribution in [2.24, 2.45) is 5.73 Å². The third-order valence-corrected chi connectivity index (χ3v) is 1.72. The van der Waals surface area contributed by atoms with Gasteiger partial charge in [0.1, 0.15) is 5.75 Å². The van der Waals surface area contributed by atoms with Crippen LogP contribution in [0, 0.1) is 0 Å². The molecular weight excluding hydrogens is 152 g/mol. The zero-order valence-corrected chi connectivity index (χ0v) is 7.21. The van der Waals surface area contributed by atoms with Gasteiger partial charge >= 0.3 is 0 Å². The second-order valence-electron chi connectivity index (χ2n) is 2.61. The average molecular weight is 166 g/mol. The lowest BCUT2D eigenvalue weighted by Gasteiger charge is -2.07. The van der Waals surface area contributed by atoms with Crippen molar-refractivity contribution in [3.05, 3.63) is 23.8 Å². The lowest BCUT2D eigenvalue weighted by molar-refractivity contribution is 0.410. The quantitative estimate of drug-likeness (QED) is 0.652. The van der Waals surface area contributed by atoms with Gasteiger partial charge in [-0.05, 0) is 36.7 Å². The van der Waals surface area contributed by atoms with Crippen LogP contribution in [0.25, 0.3) is 0 Å². The summed E-state index contributed by atoms with van der Waals surface area (Å²) in [5, 5.41) is 0. The summed E-state index contributed by atoms with van der Waals surface area (Å²) in [5.41, 5.74) is 12.9. The fourth-order valence-corrected chi connectivity index (χ4v) is 1.15. The standard InChI is InChI=1S/C9H14N2O/c1-12-9-3-2-8(11)6-7(9)4-5-10/h2-3,6H,4-5,10-11H2,1H3. The number of rotatable bonds is 3. The Morgan fingerprint density at radius 1 is 1.42 bits per heavy atom. The number of nitrogen functional groups attached to an aromatic ring is 1. The van der Waals surface area contributed by atoms with Crippen LogP contribution in [0.15, 0.2) is 18.2 Å². The second-order valence-corrected chi connectivity index (χ2v) is 2.61. The topological polar surface area (TPSA) is 61.3 Å². The van der Waals surface area contributed by atoms with E-state index in [0.29, 0.717) is 6.54 Å². The molecule has 0 radical (unpaired) electrons. The molecule has 0 aliphatic carbocycles. The van der Waals surface area contributed by atoms with Crippen LogP contribution in [-0.4, -0.2) is 13.7 Å². The van der Waals surface area contributed by atoms with Crippen LogP contribution in [-0.2, 0) is 6.42 Å². The summed E-state index contributed by atoms with van der Waals surface area (Å²) >= 11 is 0. The van der Waals surface area contributed by atoms with E-state index >= 15 is 0 Å². The van der Waals surface area contributed by atoms with Gasteiger partial charge in [0.25, 0.3) is 0 Å². The highest BCUT2D eigenvalue weighted by atomic mass is 16.5. The first-order valence-corrected chi connectivity index (χ1v) is 3.90. The molecule has 0 saturated carbocycles. The number of nitrogens with two attached hydrogens (primary N) is 2. The number of hydrogen-bond donors (Lipinski definition) is 2. The second kappa shape index (κ2) is 3.97. The van der Waals surface area contributed by atoms with Gasteiger partial charge in [0, 0.05) is 5.69 Å². The van der Waals surface area contributed by atoms with E-state index < -0.39 is 0 Å². The maximum Gasteiger partial charge on any atom is 0.122 e. The molecule has 1 rings (SSSR count). The predicted octanol–water partition coefficient (Wildman–Crippen LogP) is 0.779. The van der Waals surface area contributed by atoms with Crippen molar-refractivity contribution in [3.8, 4) is 5.75 Å². The molecule has 0 heterocycles. The van der Waals surface area contributed by atoms with Crippen LogP contribution in [0.1, 0.15) is 5.56 Å². The molecule has 12 heavy (non-hydrogen) atoms. The number of methoxy groups -OCH3 is 1. The Morgan fingerprint density at radius 2 is 2.17 bits per heavy atom. The van der Waals surface area contributed by atoms with E-state index in [0.717, 1.165) is 23.4 Å². The third-order valence-electron chi connectivity index (χ3n) is 1.72. The van der Waals surface area contributed by atoms with Gasteiger partial charge in [-0.1, -0.05) is 0 Å². The predicted molar refractivity (Wildman–Crippen MR) is 50.2 cm³/mol. The van der Waals surface area contributed by atoms with E-state index in [4.69, 9.17) is 16.2 Å². The Balaban J connectivity index is 2.95. The molecule has 0 bridgehead atoms. The van der Waals surface area contributed by atoms with Crippen molar-refractivity contribution in [1.29, 1.82) is 0 Å². The van der Waals surface area contributed by atoms with Gasteiger partial charge in [-0.25, -0.2) is 0 Å². The van der Waals surface area contributed by atoms with Crippen molar-refractivity contribution in [2.45, 2.75) is 6.42 Å². The number of benzene rings is 1. The van der Waals surface area contributed by atoms with E-state index in [9.17, 15) is 0 Å². The molecule has 0 aliphatic rings. The van der Waals surface area contributed by atoms with Crippen LogP contribution in [0.2, 0.25) is 0 Å². The normalized spacial score (nSPS) is 9.83. The van der Waals surface area contributed by atoms with Crippen molar-refractivity contribution in [2.75, 3.05) is 19.4 Å². The summed E-state index contributed by atoms with van der Waals surface area (Å²) in [4.78, 5) is 0. The summed E-state index contributed by atoms with van der Waals surface area (Å²) in [6, 6.07) is 5.57. The van der Waals surface area contributed by atoms with E-state index in [1.54, 1.807) is 7.11 Å². The Labute approximate surface area is 72.3 Å². The van der Waals surface area contributed by atoms with Crippen molar-refractivity contribution in [3.63, 3.8) is 0 Å². The van der Waals surface area contributed by atoms with Gasteiger partial charge in [0.15, 0.2) is 0 Å². The minimum absolute atomic E-state index is 0.611. The van der Waals surface area contributed by atoms with Crippen molar-refractivity contribution in [1.82, 2.24) is 0 Å². The average Bonchev–Trinajstić information content (AvgIpc) is 2.05. The summed E-state index contributed by atoms with van der Waals surface area (Å²) in [6.45, 7) is 0.611. The van der Waals surface area contributed by atoms with Gasteiger partial charge in [-0.15, -0.1) is 0 Å². The van der Waals surface area contributed by atoms with E-state index in [-0.39, 0.29) is 0 Å². The SMILES string of the molecule is COc1ccc(N)cc1CCN. The summed E-state index contributed by atoms with van der Waals surface area (Å²) in [7, 11) is 1.64. The lowest BCUT2D eigenvalue weighted by Crippen LogP contribution is -2.04. The molecule has 0 amide bonds. The maximum atomic E-state index is 5.62. The zero-order chi connectivity index (χ0) is 8.97. The molecule has 0 spiro atoms. The highest BCUT2D eigenvalue weighted by molar-refractivity contribution is 5.47. The van der Waals surface area contributed by atoms with Gasteiger partial charge in [0.05, 0.1) is 7.11 Å². The molecule has 0 unspecified atom stereocenters. The zero-order valence-electron chi connectivity index (χ0n) is 7.21. The largest absolute Gasteiger partial charge is 0.496 e. The first kappa shape index (κ1) is 8.87. The molecule has 0 fully saturated rings. The smallest absolute Gasteiger partial charge is 0.122 e. The Morgan fingerprint density at radius 3 is 2.75 bits per heavy atom. The van der Waals surface area contributed by atoms with E-state index in [1.807, 2.05) is 18.2 Å². The Hall–Kier alpha value is -1.22. The summed E-state index contributed by atoms with van der Waals surface area (Å²) in [5.74, 6) is 0.856. The highest BCUT2D eigenvalue weighted by Crippen LogP contribution is 2.20. The van der Waals surface area contributed by atoms with Gasteiger partial charge < -0.3 is 16.2 Å². The molecular formula is C9H14N2O. The third kappa shape index (κ3) is 1.89. The number of anilines is 1. The minimum Gasteiger partial charge on any atom is -0.496 e. The summed E-state index contributed by atoms with van der Waals surface area (Å²) in [6.07, 6.45) is 0.800. The molecule has 0 aliphatic heterocycles. The molecule has 3 nitrogen and oxygen atoms in total. The van der Waals surface area contributed by atoms with Crippen LogP contribution in [0.4, 0.5) is 5.69 Å². The van der Waals surface area contributed by atoms with Gasteiger partial charge in [-0.3, -0.25) is 0 Å². The summed E-state index contributed by atoms with van der Waals surface area (Å²) < 4.78 is 5.14. The molecule has 1 aromatic rings. The Kier molecular flexibility index (Phi) is 2.94. The van der Waals surface area contributed by atoms with E-state index in [1.165, 1.54) is 0 Å². The maximum absolute atomic E-state index is 5.62. The minimum atomic E-state index is 0.611.